The number of halogens is 1. The summed E-state index contributed by atoms with van der Waals surface area (Å²) in [5, 5.41) is 14.6. The molecule has 1 aliphatic heterocycles. The molecular formula is C17H21ClN4O2. The minimum atomic E-state index is -0.591. The number of nitrogens with zero attached hydrogens (tertiary/aromatic N) is 4. The Hall–Kier alpha value is -1.89. The minimum Gasteiger partial charge on any atom is -0.390 e. The Morgan fingerprint density at radius 1 is 1.29 bits per heavy atom. The topological polar surface area (TPSA) is 61.6 Å². The smallest absolute Gasteiger partial charge is 0.273 e. The first-order valence-electron chi connectivity index (χ1n) is 7.95. The maximum absolute atomic E-state index is 12.7. The van der Waals surface area contributed by atoms with Gasteiger partial charge in [-0.15, -0.1) is 0 Å². The van der Waals surface area contributed by atoms with Crippen molar-refractivity contribution in [1.82, 2.24) is 19.6 Å². The molecule has 6 nitrogen and oxygen atoms in total. The van der Waals surface area contributed by atoms with Gasteiger partial charge >= 0.3 is 0 Å². The molecule has 2 aromatic rings. The van der Waals surface area contributed by atoms with E-state index in [1.807, 2.05) is 18.2 Å². The fraction of sp³-hybridized carbons (Fsp3) is 0.412. The van der Waals surface area contributed by atoms with Gasteiger partial charge in [-0.2, -0.15) is 5.10 Å². The fourth-order valence-corrected chi connectivity index (χ4v) is 3.27. The number of amides is 1. The molecule has 1 amide bonds. The highest BCUT2D eigenvalue weighted by atomic mass is 35.5. The lowest BCUT2D eigenvalue weighted by atomic mass is 10.2. The highest BCUT2D eigenvalue weighted by molar-refractivity contribution is 6.33. The van der Waals surface area contributed by atoms with Gasteiger partial charge in [0.1, 0.15) is 5.69 Å². The maximum Gasteiger partial charge on any atom is 0.273 e. The first kappa shape index (κ1) is 17.0. The third-order valence-electron chi connectivity index (χ3n) is 4.22. The van der Waals surface area contributed by atoms with Crippen LogP contribution < -0.4 is 0 Å². The Kier molecular flexibility index (Phi) is 5.18. The van der Waals surface area contributed by atoms with E-state index in [-0.39, 0.29) is 5.91 Å². The Morgan fingerprint density at radius 2 is 2.04 bits per heavy atom. The van der Waals surface area contributed by atoms with Crippen molar-refractivity contribution in [2.45, 2.75) is 12.6 Å². The van der Waals surface area contributed by atoms with Gasteiger partial charge in [-0.3, -0.25) is 14.4 Å². The second kappa shape index (κ2) is 7.34. The molecule has 3 rings (SSSR count). The molecule has 0 bridgehead atoms. The van der Waals surface area contributed by atoms with E-state index in [1.165, 1.54) is 16.4 Å². The lowest BCUT2D eigenvalue weighted by molar-refractivity contribution is 0.0653. The summed E-state index contributed by atoms with van der Waals surface area (Å²) in [5.41, 5.74) is 1.56. The van der Waals surface area contributed by atoms with Gasteiger partial charge in [0, 0.05) is 39.8 Å². The number of rotatable bonds is 3. The summed E-state index contributed by atoms with van der Waals surface area (Å²) in [6.07, 6.45) is 0.872. The number of benzene rings is 1. The Balaban J connectivity index is 1.69. The predicted octanol–water partition coefficient (Wildman–Crippen LogP) is 1.39. The second-order valence-corrected chi connectivity index (χ2v) is 6.50. The van der Waals surface area contributed by atoms with Crippen LogP contribution in [0, 0.1) is 0 Å². The zero-order valence-corrected chi connectivity index (χ0v) is 14.4. The molecule has 1 aliphatic rings. The van der Waals surface area contributed by atoms with Crippen LogP contribution in [-0.2, 0) is 13.6 Å². The number of hydrogen-bond acceptors (Lipinski definition) is 4. The van der Waals surface area contributed by atoms with Gasteiger partial charge in [-0.05, 0) is 5.56 Å². The molecule has 128 valence electrons. The van der Waals surface area contributed by atoms with E-state index >= 15 is 0 Å². The van der Waals surface area contributed by atoms with Crippen LogP contribution >= 0.6 is 11.6 Å². The standard InChI is InChI=1S/C17H21ClN4O2/c1-20-16(15(18)9-19-20)17(24)22-8-7-21(11-14(23)12-22)10-13-5-3-2-4-6-13/h2-6,9,14,23H,7-8,10-12H2,1H3/t14-/m1/s1. The molecule has 1 atom stereocenters. The van der Waals surface area contributed by atoms with Gasteiger partial charge < -0.3 is 10.0 Å². The first-order chi connectivity index (χ1) is 11.5. The summed E-state index contributed by atoms with van der Waals surface area (Å²) in [5.74, 6) is -0.194. The highest BCUT2D eigenvalue weighted by Gasteiger charge is 2.28. The van der Waals surface area contributed by atoms with E-state index in [0.717, 1.165) is 6.54 Å². The van der Waals surface area contributed by atoms with Crippen molar-refractivity contribution in [1.29, 1.82) is 0 Å². The molecule has 1 fully saturated rings. The molecule has 0 unspecified atom stereocenters. The largest absolute Gasteiger partial charge is 0.390 e. The van der Waals surface area contributed by atoms with E-state index < -0.39 is 6.10 Å². The number of aliphatic hydroxyl groups is 1. The van der Waals surface area contributed by atoms with Crippen molar-refractivity contribution < 1.29 is 9.90 Å². The molecule has 0 radical (unpaired) electrons. The Labute approximate surface area is 146 Å². The summed E-state index contributed by atoms with van der Waals surface area (Å²) in [4.78, 5) is 16.5. The summed E-state index contributed by atoms with van der Waals surface area (Å²) < 4.78 is 1.48. The monoisotopic (exact) mass is 348 g/mol. The summed E-state index contributed by atoms with van der Waals surface area (Å²) in [6.45, 7) is 2.84. The molecule has 1 aromatic carbocycles. The van der Waals surface area contributed by atoms with Crippen molar-refractivity contribution in [2.24, 2.45) is 7.05 Å². The molecule has 0 spiro atoms. The van der Waals surface area contributed by atoms with Gasteiger partial charge in [0.15, 0.2) is 0 Å². The van der Waals surface area contributed by atoms with E-state index in [1.54, 1.807) is 11.9 Å². The third-order valence-corrected chi connectivity index (χ3v) is 4.50. The first-order valence-corrected chi connectivity index (χ1v) is 8.33. The average molecular weight is 349 g/mol. The minimum absolute atomic E-state index is 0.194. The third kappa shape index (κ3) is 3.77. The maximum atomic E-state index is 12.7. The number of aryl methyl sites for hydroxylation is 1. The van der Waals surface area contributed by atoms with Gasteiger partial charge in [0.2, 0.25) is 0 Å². The summed E-state index contributed by atoms with van der Waals surface area (Å²) in [6, 6.07) is 10.1. The van der Waals surface area contributed by atoms with E-state index in [2.05, 4.69) is 22.1 Å². The van der Waals surface area contributed by atoms with Gasteiger partial charge in [0.05, 0.1) is 17.3 Å². The molecule has 1 aromatic heterocycles. The SMILES string of the molecule is Cn1ncc(Cl)c1C(=O)N1CCN(Cc2ccccc2)C[C@@H](O)C1. The van der Waals surface area contributed by atoms with Crippen LogP contribution in [0.1, 0.15) is 16.1 Å². The number of β-amino-alcohol motifs (C(OH)–C–C–N with tert-alkyl or cyclic N) is 1. The summed E-state index contributed by atoms with van der Waals surface area (Å²) >= 11 is 6.07. The predicted molar refractivity (Wildman–Crippen MR) is 91.8 cm³/mol. The Morgan fingerprint density at radius 3 is 2.71 bits per heavy atom. The van der Waals surface area contributed by atoms with E-state index in [9.17, 15) is 9.90 Å². The number of aliphatic hydroxyl groups excluding tert-OH is 1. The number of carbonyl (C=O) groups is 1. The zero-order chi connectivity index (χ0) is 17.1. The molecule has 1 N–H and O–H groups in total. The van der Waals surface area contributed by atoms with Crippen molar-refractivity contribution >= 4 is 17.5 Å². The van der Waals surface area contributed by atoms with E-state index in [0.29, 0.717) is 36.9 Å². The fourth-order valence-electron chi connectivity index (χ4n) is 3.03. The molecule has 0 aliphatic carbocycles. The second-order valence-electron chi connectivity index (χ2n) is 6.09. The molecule has 2 heterocycles. The molecule has 7 heteroatoms. The number of aromatic nitrogens is 2. The lowest BCUT2D eigenvalue weighted by Crippen LogP contribution is -2.38. The molecule has 24 heavy (non-hydrogen) atoms. The molecule has 0 saturated carbocycles. The molecular weight excluding hydrogens is 328 g/mol. The Bertz CT molecular complexity index is 684. The van der Waals surface area contributed by atoms with E-state index in [4.69, 9.17) is 11.6 Å². The van der Waals surface area contributed by atoms with Gasteiger partial charge in [-0.1, -0.05) is 41.9 Å². The highest BCUT2D eigenvalue weighted by Crippen LogP contribution is 2.18. The van der Waals surface area contributed by atoms with Crippen molar-refractivity contribution in [3.8, 4) is 0 Å². The number of hydrogen-bond donors (Lipinski definition) is 1. The van der Waals surface area contributed by atoms with Crippen molar-refractivity contribution in [2.75, 3.05) is 26.2 Å². The van der Waals surface area contributed by atoms with Crippen LogP contribution in [0.5, 0.6) is 0 Å². The number of carbonyl (C=O) groups excluding carboxylic acids is 1. The van der Waals surface area contributed by atoms with Gasteiger partial charge in [0.25, 0.3) is 5.91 Å². The van der Waals surface area contributed by atoms with Crippen molar-refractivity contribution in [3.63, 3.8) is 0 Å². The summed E-state index contributed by atoms with van der Waals surface area (Å²) in [7, 11) is 1.69. The van der Waals surface area contributed by atoms with Gasteiger partial charge in [-0.25, -0.2) is 0 Å². The van der Waals surface area contributed by atoms with Crippen LogP contribution in [-0.4, -0.2) is 62.9 Å². The quantitative estimate of drug-likeness (QED) is 0.910. The van der Waals surface area contributed by atoms with Crippen LogP contribution in [0.25, 0.3) is 0 Å². The normalized spacial score (nSPS) is 19.3. The zero-order valence-electron chi connectivity index (χ0n) is 13.6. The molecule has 1 saturated heterocycles. The van der Waals surface area contributed by atoms with Crippen LogP contribution in [0.2, 0.25) is 5.02 Å². The average Bonchev–Trinajstić information content (AvgIpc) is 2.78. The van der Waals surface area contributed by atoms with Crippen LogP contribution in [0.4, 0.5) is 0 Å². The lowest BCUT2D eigenvalue weighted by Gasteiger charge is -2.22. The van der Waals surface area contributed by atoms with Crippen LogP contribution in [0.3, 0.4) is 0 Å². The van der Waals surface area contributed by atoms with Crippen LogP contribution in [0.15, 0.2) is 36.5 Å². The van der Waals surface area contributed by atoms with Crippen molar-refractivity contribution in [3.05, 3.63) is 52.8 Å².